The maximum absolute atomic E-state index is 6.42. The van der Waals surface area contributed by atoms with Crippen molar-refractivity contribution in [3.63, 3.8) is 0 Å². The highest BCUT2D eigenvalue weighted by Gasteiger charge is 2.42. The molecule has 3 aromatic carbocycles. The standard InChI is InChI=1S/C30H32O4/c1-3-27-23(2)29(32-20-25-15-9-5-10-16-25)30(33-21-26-17-11-6-12-18-26)28(34-27)22-31-19-24-13-7-4-8-14-24/h3-18,27-30H,1-2,19-22H2/t27-,28-,29-,30-/m1/s1. The predicted octanol–water partition coefficient (Wildman–Crippen LogP) is 5.88. The first kappa shape index (κ1) is 24.1. The Labute approximate surface area is 202 Å². The fraction of sp³-hybridized carbons (Fsp3) is 0.267. The minimum absolute atomic E-state index is 0.331. The van der Waals surface area contributed by atoms with Gasteiger partial charge in [-0.3, -0.25) is 0 Å². The highest BCUT2D eigenvalue weighted by atomic mass is 16.6. The number of benzene rings is 3. The molecule has 0 spiro atoms. The summed E-state index contributed by atoms with van der Waals surface area (Å²) in [5.74, 6) is 0. The monoisotopic (exact) mass is 456 g/mol. The number of ether oxygens (including phenoxy) is 4. The van der Waals surface area contributed by atoms with Crippen LogP contribution in [0, 0.1) is 0 Å². The van der Waals surface area contributed by atoms with Gasteiger partial charge in [0.15, 0.2) is 0 Å². The number of hydrogen-bond donors (Lipinski definition) is 0. The van der Waals surface area contributed by atoms with E-state index in [-0.39, 0.29) is 24.4 Å². The van der Waals surface area contributed by atoms with Crippen LogP contribution in [0.25, 0.3) is 0 Å². The van der Waals surface area contributed by atoms with E-state index in [1.807, 2.05) is 91.0 Å². The first-order chi connectivity index (χ1) is 16.7. The maximum Gasteiger partial charge on any atom is 0.116 e. The van der Waals surface area contributed by atoms with E-state index < -0.39 is 0 Å². The molecule has 176 valence electrons. The molecule has 1 aliphatic rings. The molecule has 0 aliphatic carbocycles. The van der Waals surface area contributed by atoms with E-state index in [1.54, 1.807) is 6.08 Å². The van der Waals surface area contributed by atoms with E-state index >= 15 is 0 Å². The van der Waals surface area contributed by atoms with Gasteiger partial charge in [0.05, 0.1) is 32.5 Å². The fourth-order valence-electron chi connectivity index (χ4n) is 4.05. The quantitative estimate of drug-likeness (QED) is 0.338. The van der Waals surface area contributed by atoms with Crippen LogP contribution in [0.3, 0.4) is 0 Å². The van der Waals surface area contributed by atoms with Gasteiger partial charge < -0.3 is 18.9 Å². The van der Waals surface area contributed by atoms with Crippen molar-refractivity contribution in [1.29, 1.82) is 0 Å². The van der Waals surface area contributed by atoms with Crippen LogP contribution >= 0.6 is 0 Å². The Morgan fingerprint density at radius 1 is 0.706 bits per heavy atom. The smallest absolute Gasteiger partial charge is 0.116 e. The van der Waals surface area contributed by atoms with Gasteiger partial charge in [-0.2, -0.15) is 0 Å². The average molecular weight is 457 g/mol. The largest absolute Gasteiger partial charge is 0.374 e. The topological polar surface area (TPSA) is 36.9 Å². The van der Waals surface area contributed by atoms with Crippen LogP contribution in [0.2, 0.25) is 0 Å². The van der Waals surface area contributed by atoms with Crippen molar-refractivity contribution in [3.05, 3.63) is 132 Å². The van der Waals surface area contributed by atoms with Crippen molar-refractivity contribution in [1.82, 2.24) is 0 Å². The average Bonchev–Trinajstić information content (AvgIpc) is 2.89. The molecule has 4 atom stereocenters. The van der Waals surface area contributed by atoms with Gasteiger partial charge in [-0.05, 0) is 22.3 Å². The lowest BCUT2D eigenvalue weighted by atomic mass is 9.93. The minimum atomic E-state index is -0.372. The second-order valence-electron chi connectivity index (χ2n) is 8.38. The molecular weight excluding hydrogens is 424 g/mol. The molecule has 0 N–H and O–H groups in total. The summed E-state index contributed by atoms with van der Waals surface area (Å²) in [5, 5.41) is 0. The summed E-state index contributed by atoms with van der Waals surface area (Å²) >= 11 is 0. The van der Waals surface area contributed by atoms with Crippen LogP contribution < -0.4 is 0 Å². The zero-order valence-corrected chi connectivity index (χ0v) is 19.4. The highest BCUT2D eigenvalue weighted by molar-refractivity contribution is 5.22. The number of rotatable bonds is 11. The van der Waals surface area contributed by atoms with Gasteiger partial charge in [0, 0.05) is 0 Å². The van der Waals surface area contributed by atoms with E-state index in [4.69, 9.17) is 18.9 Å². The van der Waals surface area contributed by atoms with Crippen LogP contribution in [0.5, 0.6) is 0 Å². The van der Waals surface area contributed by atoms with Crippen LogP contribution in [0.1, 0.15) is 16.7 Å². The molecule has 1 aliphatic heterocycles. The molecule has 1 saturated heterocycles. The molecule has 0 amide bonds. The molecular formula is C30H32O4. The molecule has 0 saturated carbocycles. The fourth-order valence-corrected chi connectivity index (χ4v) is 4.05. The zero-order valence-electron chi connectivity index (χ0n) is 19.4. The van der Waals surface area contributed by atoms with Gasteiger partial charge in [0.2, 0.25) is 0 Å². The summed E-state index contributed by atoms with van der Waals surface area (Å²) in [6, 6.07) is 30.3. The molecule has 4 rings (SSSR count). The Bertz CT molecular complexity index is 1020. The Morgan fingerprint density at radius 2 is 1.21 bits per heavy atom. The SMILES string of the molecule is C=C[C@H]1O[C@H](COCc2ccccc2)[C@@H](OCc2ccccc2)[C@H](OCc2ccccc2)C1=C. The van der Waals surface area contributed by atoms with Gasteiger partial charge in [-0.15, -0.1) is 6.58 Å². The summed E-state index contributed by atoms with van der Waals surface area (Å²) < 4.78 is 25.2. The molecule has 0 radical (unpaired) electrons. The summed E-state index contributed by atoms with van der Waals surface area (Å²) in [5.41, 5.74) is 4.10. The van der Waals surface area contributed by atoms with Crippen molar-refractivity contribution in [2.24, 2.45) is 0 Å². The van der Waals surface area contributed by atoms with Crippen LogP contribution in [-0.4, -0.2) is 31.0 Å². The lowest BCUT2D eigenvalue weighted by Crippen LogP contribution is -2.53. The Morgan fingerprint density at radius 3 is 1.74 bits per heavy atom. The Hall–Kier alpha value is -3.02. The molecule has 0 aromatic heterocycles. The lowest BCUT2D eigenvalue weighted by molar-refractivity contribution is -0.187. The van der Waals surface area contributed by atoms with E-state index in [9.17, 15) is 0 Å². The van der Waals surface area contributed by atoms with Gasteiger partial charge in [0.25, 0.3) is 0 Å². The first-order valence-corrected chi connectivity index (χ1v) is 11.6. The van der Waals surface area contributed by atoms with Gasteiger partial charge in [-0.1, -0.05) is 104 Å². The van der Waals surface area contributed by atoms with Crippen molar-refractivity contribution in [3.8, 4) is 0 Å². The van der Waals surface area contributed by atoms with Crippen molar-refractivity contribution in [2.75, 3.05) is 6.61 Å². The third kappa shape index (κ3) is 6.52. The summed E-state index contributed by atoms with van der Waals surface area (Å²) in [4.78, 5) is 0. The highest BCUT2D eigenvalue weighted by Crippen LogP contribution is 2.31. The third-order valence-corrected chi connectivity index (χ3v) is 5.88. The van der Waals surface area contributed by atoms with Gasteiger partial charge in [-0.25, -0.2) is 0 Å². The second kappa shape index (κ2) is 12.4. The lowest BCUT2D eigenvalue weighted by Gasteiger charge is -2.42. The molecule has 1 fully saturated rings. The van der Waals surface area contributed by atoms with Crippen molar-refractivity contribution < 1.29 is 18.9 Å². The van der Waals surface area contributed by atoms with Crippen LogP contribution in [0.4, 0.5) is 0 Å². The second-order valence-corrected chi connectivity index (χ2v) is 8.38. The minimum Gasteiger partial charge on any atom is -0.374 e. The van der Waals surface area contributed by atoms with Gasteiger partial charge >= 0.3 is 0 Å². The van der Waals surface area contributed by atoms with E-state index in [1.165, 1.54) is 0 Å². The van der Waals surface area contributed by atoms with E-state index in [0.29, 0.717) is 26.4 Å². The molecule has 34 heavy (non-hydrogen) atoms. The maximum atomic E-state index is 6.42. The first-order valence-electron chi connectivity index (χ1n) is 11.6. The summed E-state index contributed by atoms with van der Waals surface area (Å²) in [7, 11) is 0. The predicted molar refractivity (Wildman–Crippen MR) is 134 cm³/mol. The molecule has 0 bridgehead atoms. The Kier molecular flexibility index (Phi) is 8.83. The summed E-state index contributed by atoms with van der Waals surface area (Å²) in [6.07, 6.45) is 0.373. The zero-order chi connectivity index (χ0) is 23.6. The summed E-state index contributed by atoms with van der Waals surface area (Å²) in [6.45, 7) is 10.0. The van der Waals surface area contributed by atoms with Crippen molar-refractivity contribution in [2.45, 2.75) is 44.2 Å². The van der Waals surface area contributed by atoms with Crippen molar-refractivity contribution >= 4 is 0 Å². The van der Waals surface area contributed by atoms with Crippen LogP contribution in [0.15, 0.2) is 116 Å². The molecule has 4 heteroatoms. The molecule has 1 heterocycles. The molecule has 3 aromatic rings. The molecule has 4 nitrogen and oxygen atoms in total. The Balaban J connectivity index is 1.50. The molecule has 0 unspecified atom stereocenters. The third-order valence-electron chi connectivity index (χ3n) is 5.88. The number of hydrogen-bond acceptors (Lipinski definition) is 4. The normalized spacial score (nSPS) is 22.4. The van der Waals surface area contributed by atoms with E-state index in [2.05, 4.69) is 13.2 Å². The van der Waals surface area contributed by atoms with Crippen LogP contribution in [-0.2, 0) is 38.8 Å². The van der Waals surface area contributed by atoms with Gasteiger partial charge in [0.1, 0.15) is 18.3 Å². The van der Waals surface area contributed by atoms with E-state index in [0.717, 1.165) is 22.3 Å².